The maximum Gasteiger partial charge on any atom is 0.0926 e. The van der Waals surface area contributed by atoms with E-state index in [-0.39, 0.29) is 12.6 Å². The number of anilines is 1. The molecule has 1 heterocycles. The predicted octanol–water partition coefficient (Wildman–Crippen LogP) is 2.60. The molecule has 0 bridgehead atoms. The summed E-state index contributed by atoms with van der Waals surface area (Å²) in [6.45, 7) is 2.08. The molecule has 1 aromatic carbocycles. The Labute approximate surface area is 98.8 Å². The average molecular weight is 234 g/mol. The Balaban J connectivity index is 2.13. The minimum absolute atomic E-state index is 0.0394. The second-order valence-corrected chi connectivity index (χ2v) is 4.38. The molecule has 0 saturated carbocycles. The van der Waals surface area contributed by atoms with E-state index in [2.05, 4.69) is 16.4 Å². The predicted molar refractivity (Wildman–Crippen MR) is 66.7 cm³/mol. The maximum atomic E-state index is 9.33. The van der Waals surface area contributed by atoms with E-state index in [1.807, 2.05) is 30.5 Å². The Morgan fingerprint density at radius 2 is 2.38 bits per heavy atom. The van der Waals surface area contributed by atoms with Crippen LogP contribution in [0.5, 0.6) is 0 Å². The van der Waals surface area contributed by atoms with Gasteiger partial charge in [0.2, 0.25) is 0 Å². The Kier molecular flexibility index (Phi) is 3.54. The monoisotopic (exact) mass is 234 g/mol. The molecule has 16 heavy (non-hydrogen) atoms. The zero-order valence-electron chi connectivity index (χ0n) is 9.05. The topological polar surface area (TPSA) is 45.1 Å². The largest absolute Gasteiger partial charge is 0.394 e. The summed E-state index contributed by atoms with van der Waals surface area (Å²) in [6, 6.07) is 7.94. The molecule has 3 nitrogen and oxygen atoms in total. The van der Waals surface area contributed by atoms with Gasteiger partial charge in [-0.05, 0) is 24.6 Å². The van der Waals surface area contributed by atoms with Gasteiger partial charge in [0, 0.05) is 11.1 Å². The van der Waals surface area contributed by atoms with E-state index < -0.39 is 0 Å². The van der Waals surface area contributed by atoms with Crippen molar-refractivity contribution in [2.45, 2.75) is 13.0 Å². The first-order chi connectivity index (χ1) is 7.79. The van der Waals surface area contributed by atoms with Gasteiger partial charge in [0.15, 0.2) is 0 Å². The fourth-order valence-corrected chi connectivity index (χ4v) is 2.15. The van der Waals surface area contributed by atoms with E-state index in [1.165, 1.54) is 16.9 Å². The van der Waals surface area contributed by atoms with E-state index in [4.69, 9.17) is 0 Å². The summed E-state index contributed by atoms with van der Waals surface area (Å²) in [7, 11) is 0. The van der Waals surface area contributed by atoms with Crippen LogP contribution in [0, 0.1) is 6.92 Å². The first-order valence-corrected chi connectivity index (χ1v) is 6.06. The van der Waals surface area contributed by atoms with E-state index in [9.17, 15) is 5.11 Å². The Hall–Kier alpha value is -1.39. The smallest absolute Gasteiger partial charge is 0.0926 e. The van der Waals surface area contributed by atoms with Crippen LogP contribution in [0.3, 0.4) is 0 Å². The molecule has 0 radical (unpaired) electrons. The molecule has 0 spiro atoms. The quantitative estimate of drug-likeness (QED) is 0.854. The number of rotatable bonds is 4. The van der Waals surface area contributed by atoms with Gasteiger partial charge in [0.1, 0.15) is 0 Å². The molecule has 1 aromatic heterocycles. The molecule has 0 amide bonds. The Morgan fingerprint density at radius 1 is 1.50 bits per heavy atom. The third kappa shape index (κ3) is 2.59. The van der Waals surface area contributed by atoms with Crippen LogP contribution in [-0.4, -0.2) is 16.7 Å². The molecule has 84 valence electrons. The summed E-state index contributed by atoms with van der Waals surface area (Å²) in [6.07, 6.45) is 0. The van der Waals surface area contributed by atoms with Crippen molar-refractivity contribution in [3.63, 3.8) is 0 Å². The van der Waals surface area contributed by atoms with Crippen molar-refractivity contribution in [1.82, 2.24) is 4.98 Å². The van der Waals surface area contributed by atoms with Gasteiger partial charge in [0.05, 0.1) is 23.9 Å². The van der Waals surface area contributed by atoms with Crippen LogP contribution in [0.15, 0.2) is 35.2 Å². The lowest BCUT2D eigenvalue weighted by Crippen LogP contribution is -2.15. The highest BCUT2D eigenvalue weighted by atomic mass is 32.1. The van der Waals surface area contributed by atoms with Crippen LogP contribution in [-0.2, 0) is 0 Å². The molecule has 2 N–H and O–H groups in total. The van der Waals surface area contributed by atoms with Crippen molar-refractivity contribution in [2.75, 3.05) is 11.9 Å². The average Bonchev–Trinajstić information content (AvgIpc) is 2.79. The highest BCUT2D eigenvalue weighted by Crippen LogP contribution is 2.19. The van der Waals surface area contributed by atoms with Crippen LogP contribution in [0.25, 0.3) is 0 Å². The molecular formula is C12H14N2OS. The van der Waals surface area contributed by atoms with E-state index in [1.54, 1.807) is 5.51 Å². The number of hydrogen-bond acceptors (Lipinski definition) is 4. The van der Waals surface area contributed by atoms with Gasteiger partial charge in [-0.1, -0.05) is 12.1 Å². The van der Waals surface area contributed by atoms with Gasteiger partial charge in [-0.2, -0.15) is 0 Å². The van der Waals surface area contributed by atoms with Crippen LogP contribution >= 0.6 is 11.3 Å². The third-order valence-electron chi connectivity index (χ3n) is 2.35. The minimum Gasteiger partial charge on any atom is -0.394 e. The first kappa shape index (κ1) is 11.1. The SMILES string of the molecule is Cc1cccc(NC(CO)c2cscn2)c1. The number of aliphatic hydroxyl groups is 1. The van der Waals surface area contributed by atoms with Crippen molar-refractivity contribution in [1.29, 1.82) is 0 Å². The number of aliphatic hydroxyl groups excluding tert-OH is 1. The fraction of sp³-hybridized carbons (Fsp3) is 0.250. The van der Waals surface area contributed by atoms with E-state index >= 15 is 0 Å². The summed E-state index contributed by atoms with van der Waals surface area (Å²) < 4.78 is 0. The molecule has 0 aliphatic carbocycles. The van der Waals surface area contributed by atoms with Gasteiger partial charge in [-0.15, -0.1) is 11.3 Å². The summed E-state index contributed by atoms with van der Waals surface area (Å²) in [5.41, 5.74) is 4.86. The molecule has 0 aliphatic rings. The molecule has 2 rings (SSSR count). The van der Waals surface area contributed by atoms with E-state index in [0.717, 1.165) is 11.4 Å². The second-order valence-electron chi connectivity index (χ2n) is 3.66. The molecule has 4 heteroatoms. The molecular weight excluding hydrogens is 220 g/mol. The molecule has 0 fully saturated rings. The number of benzene rings is 1. The van der Waals surface area contributed by atoms with Crippen LogP contribution in [0.4, 0.5) is 5.69 Å². The normalized spacial score (nSPS) is 12.4. The highest BCUT2D eigenvalue weighted by molar-refractivity contribution is 7.07. The standard InChI is InChI=1S/C12H14N2OS/c1-9-3-2-4-10(5-9)14-11(6-15)12-7-16-8-13-12/h2-5,7-8,11,14-15H,6H2,1H3. The summed E-state index contributed by atoms with van der Waals surface area (Å²) in [5.74, 6) is 0. The van der Waals surface area contributed by atoms with Gasteiger partial charge in [-0.3, -0.25) is 0 Å². The molecule has 0 saturated heterocycles. The van der Waals surface area contributed by atoms with Gasteiger partial charge < -0.3 is 10.4 Å². The van der Waals surface area contributed by atoms with E-state index in [0.29, 0.717) is 0 Å². The van der Waals surface area contributed by atoms with Crippen molar-refractivity contribution >= 4 is 17.0 Å². The maximum absolute atomic E-state index is 9.33. The fourth-order valence-electron chi connectivity index (χ4n) is 1.54. The van der Waals surface area contributed by atoms with Crippen LogP contribution in [0.1, 0.15) is 17.3 Å². The molecule has 1 unspecified atom stereocenters. The van der Waals surface area contributed by atoms with Crippen molar-refractivity contribution in [3.8, 4) is 0 Å². The summed E-state index contributed by atoms with van der Waals surface area (Å²) in [5, 5.41) is 14.5. The third-order valence-corrected chi connectivity index (χ3v) is 2.95. The number of aryl methyl sites for hydroxylation is 1. The first-order valence-electron chi connectivity index (χ1n) is 5.12. The number of thiazole rings is 1. The van der Waals surface area contributed by atoms with Gasteiger partial charge >= 0.3 is 0 Å². The van der Waals surface area contributed by atoms with Crippen LogP contribution < -0.4 is 5.32 Å². The van der Waals surface area contributed by atoms with Gasteiger partial charge in [0.25, 0.3) is 0 Å². The van der Waals surface area contributed by atoms with Gasteiger partial charge in [-0.25, -0.2) is 4.98 Å². The minimum atomic E-state index is -0.131. The Bertz CT molecular complexity index is 442. The lowest BCUT2D eigenvalue weighted by atomic mass is 10.2. The molecule has 1 atom stereocenters. The van der Waals surface area contributed by atoms with Crippen LogP contribution in [0.2, 0.25) is 0 Å². The lowest BCUT2D eigenvalue weighted by molar-refractivity contribution is 0.274. The zero-order valence-corrected chi connectivity index (χ0v) is 9.87. The summed E-state index contributed by atoms with van der Waals surface area (Å²) >= 11 is 1.53. The summed E-state index contributed by atoms with van der Waals surface area (Å²) in [4.78, 5) is 4.20. The Morgan fingerprint density at radius 3 is 3.00 bits per heavy atom. The number of hydrogen-bond donors (Lipinski definition) is 2. The lowest BCUT2D eigenvalue weighted by Gasteiger charge is -2.15. The van der Waals surface area contributed by atoms with Crippen molar-refractivity contribution in [2.24, 2.45) is 0 Å². The highest BCUT2D eigenvalue weighted by Gasteiger charge is 2.11. The number of nitrogens with zero attached hydrogens (tertiary/aromatic N) is 1. The number of nitrogens with one attached hydrogen (secondary N) is 1. The zero-order chi connectivity index (χ0) is 11.4. The van der Waals surface area contributed by atoms with Crippen molar-refractivity contribution in [3.05, 3.63) is 46.4 Å². The van der Waals surface area contributed by atoms with Crippen molar-refractivity contribution < 1.29 is 5.11 Å². The second kappa shape index (κ2) is 5.09. The molecule has 2 aromatic rings. The molecule has 0 aliphatic heterocycles. The number of aromatic nitrogens is 1.